The summed E-state index contributed by atoms with van der Waals surface area (Å²) in [5.41, 5.74) is -0.199. The van der Waals surface area contributed by atoms with E-state index in [4.69, 9.17) is 0 Å². The van der Waals surface area contributed by atoms with Gasteiger partial charge in [0.2, 0.25) is 0 Å². The highest BCUT2D eigenvalue weighted by atomic mass is 32.1. The molecule has 1 rings (SSSR count). The van der Waals surface area contributed by atoms with Crippen molar-refractivity contribution in [1.29, 1.82) is 0 Å². The van der Waals surface area contributed by atoms with Gasteiger partial charge in [0.1, 0.15) is 0 Å². The molecule has 0 spiro atoms. The molecule has 1 nitrogen and oxygen atoms in total. The average molecular weight is 238 g/mol. The number of hydrogen-bond donors (Lipinski definition) is 1. The molecule has 1 aromatic carbocycles. The fourth-order valence-corrected chi connectivity index (χ4v) is 1.18. The Hall–Kier alpha value is -0.840. The van der Waals surface area contributed by atoms with Crippen molar-refractivity contribution < 1.29 is 17.9 Å². The molecule has 0 radical (unpaired) electrons. The van der Waals surface area contributed by atoms with Crippen molar-refractivity contribution >= 4 is 12.6 Å². The Kier molecular flexibility index (Phi) is 5.57. The van der Waals surface area contributed by atoms with Crippen molar-refractivity contribution in [3.05, 3.63) is 23.0 Å². The molecule has 86 valence electrons. The van der Waals surface area contributed by atoms with Crippen LogP contribution >= 0.6 is 12.6 Å². The molecule has 0 atom stereocenters. The Bertz CT molecular complexity index is 324. The van der Waals surface area contributed by atoms with E-state index < -0.39 is 22.3 Å². The molecular weight excluding hydrogens is 225 g/mol. The van der Waals surface area contributed by atoms with E-state index in [0.717, 1.165) is 0 Å². The Morgan fingerprint density at radius 1 is 1.00 bits per heavy atom. The summed E-state index contributed by atoms with van der Waals surface area (Å²) in [7, 11) is 1.18. The standard InChI is InChI=1S/C8H7F3OS.C2H6/c1-3-4(9)5(10)8(13)6(11)7(3)12-2;1-2/h13H,1-2H3;1-2H3. The van der Waals surface area contributed by atoms with Crippen molar-refractivity contribution in [1.82, 2.24) is 0 Å². The van der Waals surface area contributed by atoms with E-state index in [0.29, 0.717) is 0 Å². The van der Waals surface area contributed by atoms with E-state index in [1.54, 1.807) is 0 Å². The van der Waals surface area contributed by atoms with Crippen LogP contribution in [0.1, 0.15) is 19.4 Å². The topological polar surface area (TPSA) is 9.23 Å². The molecule has 0 heterocycles. The second-order valence-electron chi connectivity index (χ2n) is 2.45. The lowest BCUT2D eigenvalue weighted by Crippen LogP contribution is -2.00. The maximum absolute atomic E-state index is 13.1. The summed E-state index contributed by atoms with van der Waals surface area (Å²) in [6, 6.07) is 0. The van der Waals surface area contributed by atoms with Gasteiger partial charge in [-0.05, 0) is 6.92 Å². The Balaban J connectivity index is 0.000000921. The van der Waals surface area contributed by atoms with Crippen molar-refractivity contribution in [3.63, 3.8) is 0 Å². The number of benzene rings is 1. The largest absolute Gasteiger partial charge is 0.493 e. The minimum Gasteiger partial charge on any atom is -0.493 e. The predicted molar refractivity (Wildman–Crippen MR) is 56.2 cm³/mol. The fraction of sp³-hybridized carbons (Fsp3) is 0.400. The number of rotatable bonds is 1. The van der Waals surface area contributed by atoms with Crippen LogP contribution < -0.4 is 4.74 Å². The van der Waals surface area contributed by atoms with Gasteiger partial charge in [-0.25, -0.2) is 13.2 Å². The van der Waals surface area contributed by atoms with Gasteiger partial charge < -0.3 is 4.74 Å². The molecule has 0 aliphatic carbocycles. The van der Waals surface area contributed by atoms with Gasteiger partial charge in [-0.15, -0.1) is 12.6 Å². The SMILES string of the molecule is CC.COc1c(C)c(F)c(F)c(S)c1F. The molecule has 0 aliphatic heterocycles. The van der Waals surface area contributed by atoms with Crippen LogP contribution in [0.4, 0.5) is 13.2 Å². The first kappa shape index (κ1) is 14.2. The molecule has 0 fully saturated rings. The Morgan fingerprint density at radius 2 is 1.47 bits per heavy atom. The van der Waals surface area contributed by atoms with Crippen LogP contribution in [0, 0.1) is 24.4 Å². The molecule has 15 heavy (non-hydrogen) atoms. The number of thiol groups is 1. The normalized spacial score (nSPS) is 9.33. The third-order valence-electron chi connectivity index (χ3n) is 1.68. The molecule has 0 saturated carbocycles. The first-order valence-electron chi connectivity index (χ1n) is 4.40. The van der Waals surface area contributed by atoms with Crippen molar-refractivity contribution in [3.8, 4) is 5.75 Å². The molecule has 0 bridgehead atoms. The van der Waals surface area contributed by atoms with Crippen LogP contribution in [-0.2, 0) is 0 Å². The van der Waals surface area contributed by atoms with Crippen molar-refractivity contribution in [2.75, 3.05) is 7.11 Å². The molecule has 0 aromatic heterocycles. The molecule has 1 aromatic rings. The van der Waals surface area contributed by atoms with E-state index in [1.165, 1.54) is 14.0 Å². The minimum atomic E-state index is -1.29. The van der Waals surface area contributed by atoms with Gasteiger partial charge in [-0.2, -0.15) is 0 Å². The first-order valence-corrected chi connectivity index (χ1v) is 4.85. The quantitative estimate of drug-likeness (QED) is 0.579. The molecule has 0 aliphatic rings. The summed E-state index contributed by atoms with van der Waals surface area (Å²) in [6.45, 7) is 5.23. The van der Waals surface area contributed by atoms with Crippen molar-refractivity contribution in [2.24, 2.45) is 0 Å². The van der Waals surface area contributed by atoms with Gasteiger partial charge in [0.15, 0.2) is 23.2 Å². The summed E-state index contributed by atoms with van der Waals surface area (Å²) in [5.74, 6) is -3.73. The van der Waals surface area contributed by atoms with Gasteiger partial charge in [0, 0.05) is 5.56 Å². The number of methoxy groups -OCH3 is 1. The molecule has 0 amide bonds. The number of hydrogen-bond acceptors (Lipinski definition) is 2. The van der Waals surface area contributed by atoms with Crippen LogP contribution in [0.25, 0.3) is 0 Å². The molecule has 0 unspecified atom stereocenters. The monoisotopic (exact) mass is 238 g/mol. The smallest absolute Gasteiger partial charge is 0.181 e. The van der Waals surface area contributed by atoms with E-state index >= 15 is 0 Å². The molecular formula is C10H13F3OS. The minimum absolute atomic E-state index is 0.199. The first-order chi connectivity index (χ1) is 7.00. The summed E-state index contributed by atoms with van der Waals surface area (Å²) in [5, 5.41) is 0. The predicted octanol–water partition coefficient (Wildman–Crippen LogP) is 3.74. The maximum atomic E-state index is 13.1. The van der Waals surface area contributed by atoms with E-state index in [-0.39, 0.29) is 11.3 Å². The zero-order valence-corrected chi connectivity index (χ0v) is 9.88. The second-order valence-corrected chi connectivity index (χ2v) is 2.90. The lowest BCUT2D eigenvalue weighted by atomic mass is 10.2. The number of halogens is 3. The second kappa shape index (κ2) is 5.90. The van der Waals surface area contributed by atoms with Crippen molar-refractivity contribution in [2.45, 2.75) is 25.7 Å². The fourth-order valence-electron chi connectivity index (χ4n) is 0.979. The van der Waals surface area contributed by atoms with Gasteiger partial charge in [-0.3, -0.25) is 0 Å². The third kappa shape index (κ3) is 2.59. The number of ether oxygens (including phenoxy) is 1. The average Bonchev–Trinajstić information content (AvgIpc) is 2.27. The van der Waals surface area contributed by atoms with E-state index in [9.17, 15) is 13.2 Å². The van der Waals surface area contributed by atoms with Gasteiger partial charge >= 0.3 is 0 Å². The zero-order valence-electron chi connectivity index (χ0n) is 8.99. The van der Waals surface area contributed by atoms with Crippen LogP contribution in [-0.4, -0.2) is 7.11 Å². The van der Waals surface area contributed by atoms with Crippen LogP contribution in [0.5, 0.6) is 5.75 Å². The lowest BCUT2D eigenvalue weighted by Gasteiger charge is -2.09. The van der Waals surface area contributed by atoms with Crippen LogP contribution in [0.15, 0.2) is 4.90 Å². The molecule has 5 heteroatoms. The highest BCUT2D eigenvalue weighted by Gasteiger charge is 2.20. The molecule has 0 N–H and O–H groups in total. The van der Waals surface area contributed by atoms with E-state index in [2.05, 4.69) is 17.4 Å². The molecule has 0 saturated heterocycles. The maximum Gasteiger partial charge on any atom is 0.181 e. The summed E-state index contributed by atoms with van der Waals surface area (Å²) >= 11 is 3.48. The summed E-state index contributed by atoms with van der Waals surface area (Å²) < 4.78 is 43.4. The lowest BCUT2D eigenvalue weighted by molar-refractivity contribution is 0.361. The Labute approximate surface area is 92.7 Å². The highest BCUT2D eigenvalue weighted by molar-refractivity contribution is 7.80. The van der Waals surface area contributed by atoms with Gasteiger partial charge in [0.25, 0.3) is 0 Å². The van der Waals surface area contributed by atoms with Crippen LogP contribution in [0.3, 0.4) is 0 Å². The zero-order chi connectivity index (χ0) is 12.2. The highest BCUT2D eigenvalue weighted by Crippen LogP contribution is 2.32. The van der Waals surface area contributed by atoms with Gasteiger partial charge in [0.05, 0.1) is 12.0 Å². The van der Waals surface area contributed by atoms with E-state index in [1.807, 2.05) is 13.8 Å². The van der Waals surface area contributed by atoms with Crippen LogP contribution in [0.2, 0.25) is 0 Å². The van der Waals surface area contributed by atoms with Gasteiger partial charge in [-0.1, -0.05) is 13.8 Å². The summed E-state index contributed by atoms with van der Waals surface area (Å²) in [6.07, 6.45) is 0. The summed E-state index contributed by atoms with van der Waals surface area (Å²) in [4.78, 5) is -0.667. The third-order valence-corrected chi connectivity index (χ3v) is 2.07. The Morgan fingerprint density at radius 3 is 1.87 bits per heavy atom.